The van der Waals surface area contributed by atoms with Crippen molar-refractivity contribution in [2.24, 2.45) is 0 Å². The van der Waals surface area contributed by atoms with E-state index in [0.29, 0.717) is 13.2 Å². The summed E-state index contributed by atoms with van der Waals surface area (Å²) < 4.78 is 13.8. The Kier molecular flexibility index (Phi) is 6.62. The molecule has 144 valence electrons. The van der Waals surface area contributed by atoms with E-state index in [1.165, 1.54) is 20.4 Å². The number of hydrogen-bond acceptors (Lipinski definition) is 3. The summed E-state index contributed by atoms with van der Waals surface area (Å²) in [5.74, 6) is 0. The van der Waals surface area contributed by atoms with Gasteiger partial charge in [-0.2, -0.15) is 0 Å². The normalized spacial score (nSPS) is 19.1. The molecule has 0 spiro atoms. The zero-order valence-electron chi connectivity index (χ0n) is 15.7. The first-order valence-corrected chi connectivity index (χ1v) is 10.7. The minimum Gasteiger partial charge on any atom is -0.369 e. The van der Waals surface area contributed by atoms with E-state index in [2.05, 4.69) is 100 Å². The average molecular weight is 485 g/mol. The minimum atomic E-state index is 0.0446. The smallest absolute Gasteiger partial charge is 0.103 e. The molecule has 0 aromatic heterocycles. The van der Waals surface area contributed by atoms with Gasteiger partial charge in [0.1, 0.15) is 12.2 Å². The molecule has 2 atom stereocenters. The Morgan fingerprint density at radius 2 is 1.14 bits per heavy atom. The van der Waals surface area contributed by atoms with Crippen molar-refractivity contribution in [3.63, 3.8) is 0 Å². The topological polar surface area (TPSA) is 21.7 Å². The van der Waals surface area contributed by atoms with E-state index in [1.807, 2.05) is 12.1 Å². The van der Waals surface area contributed by atoms with Gasteiger partial charge in [0, 0.05) is 22.3 Å². The number of rotatable bonds is 7. The third kappa shape index (κ3) is 5.13. The lowest BCUT2D eigenvalue weighted by atomic mass is 10.2. The highest BCUT2D eigenvalue weighted by Gasteiger charge is 2.34. The molecular formula is C24H24INO2. The van der Waals surface area contributed by atoms with Crippen LogP contribution in [0.2, 0.25) is 0 Å². The first kappa shape index (κ1) is 19.4. The molecule has 0 N–H and O–H groups in total. The second kappa shape index (κ2) is 9.54. The summed E-state index contributed by atoms with van der Waals surface area (Å²) in [5.41, 5.74) is 3.61. The molecule has 1 fully saturated rings. The Labute approximate surface area is 180 Å². The zero-order valence-corrected chi connectivity index (χ0v) is 17.9. The molecule has 0 amide bonds. The molecule has 1 saturated heterocycles. The largest absolute Gasteiger partial charge is 0.369 e. The van der Waals surface area contributed by atoms with Gasteiger partial charge in [0.15, 0.2) is 0 Å². The number of benzene rings is 3. The van der Waals surface area contributed by atoms with Gasteiger partial charge < -0.3 is 14.4 Å². The monoisotopic (exact) mass is 485 g/mol. The lowest BCUT2D eigenvalue weighted by molar-refractivity contribution is -0.0591. The minimum absolute atomic E-state index is 0.0446. The third-order valence-corrected chi connectivity index (χ3v) is 5.74. The Hall–Kier alpha value is -1.89. The van der Waals surface area contributed by atoms with Gasteiger partial charge in [0.2, 0.25) is 0 Å². The lowest BCUT2D eigenvalue weighted by Gasteiger charge is -2.19. The van der Waals surface area contributed by atoms with Crippen LogP contribution in [0.3, 0.4) is 0 Å². The van der Waals surface area contributed by atoms with Gasteiger partial charge in [-0.3, -0.25) is 0 Å². The maximum atomic E-state index is 6.30. The molecule has 0 unspecified atom stereocenters. The Balaban J connectivity index is 1.44. The van der Waals surface area contributed by atoms with Crippen molar-refractivity contribution in [2.75, 3.05) is 18.0 Å². The van der Waals surface area contributed by atoms with Crippen LogP contribution in [0.4, 0.5) is 5.69 Å². The maximum Gasteiger partial charge on any atom is 0.103 e. The van der Waals surface area contributed by atoms with Crippen LogP contribution in [-0.4, -0.2) is 25.3 Å². The standard InChI is InChI=1S/C24H24INO2/c25-21-11-13-22(14-12-21)26-15-23(27-17-19-7-3-1-4-8-19)24(16-26)28-18-20-9-5-2-6-10-20/h1-14,23-24H,15-18H2/t23-,24-/m0/s1. The zero-order chi connectivity index (χ0) is 19.2. The summed E-state index contributed by atoms with van der Waals surface area (Å²) >= 11 is 2.34. The predicted molar refractivity (Wildman–Crippen MR) is 121 cm³/mol. The molecule has 0 aliphatic carbocycles. The summed E-state index contributed by atoms with van der Waals surface area (Å²) in [6, 6.07) is 29.3. The maximum absolute atomic E-state index is 6.30. The summed E-state index contributed by atoms with van der Waals surface area (Å²) in [7, 11) is 0. The van der Waals surface area contributed by atoms with Gasteiger partial charge in [0.05, 0.1) is 13.2 Å². The second-order valence-electron chi connectivity index (χ2n) is 7.05. The SMILES string of the molecule is Ic1ccc(N2C[C@H](OCc3ccccc3)[C@@H](OCc3ccccc3)C2)cc1. The molecule has 0 saturated carbocycles. The lowest BCUT2D eigenvalue weighted by Crippen LogP contribution is -2.29. The third-order valence-electron chi connectivity index (χ3n) is 5.02. The fraction of sp³-hybridized carbons (Fsp3) is 0.250. The fourth-order valence-electron chi connectivity index (χ4n) is 3.48. The van der Waals surface area contributed by atoms with Crippen LogP contribution in [0.15, 0.2) is 84.9 Å². The number of nitrogens with zero attached hydrogens (tertiary/aromatic N) is 1. The van der Waals surface area contributed by atoms with Crippen molar-refractivity contribution in [1.82, 2.24) is 0 Å². The number of halogens is 1. The highest BCUT2D eigenvalue weighted by Crippen LogP contribution is 2.26. The average Bonchev–Trinajstić information content (AvgIpc) is 3.16. The van der Waals surface area contributed by atoms with Gasteiger partial charge in [0.25, 0.3) is 0 Å². The summed E-state index contributed by atoms with van der Waals surface area (Å²) in [4.78, 5) is 2.36. The molecule has 28 heavy (non-hydrogen) atoms. The molecule has 1 aliphatic heterocycles. The van der Waals surface area contributed by atoms with Crippen LogP contribution >= 0.6 is 22.6 Å². The summed E-state index contributed by atoms with van der Waals surface area (Å²) in [5, 5.41) is 0. The molecule has 3 aromatic carbocycles. The molecule has 4 heteroatoms. The number of hydrogen-bond donors (Lipinski definition) is 0. The molecular weight excluding hydrogens is 461 g/mol. The quantitative estimate of drug-likeness (QED) is 0.425. The fourth-order valence-corrected chi connectivity index (χ4v) is 3.84. The van der Waals surface area contributed by atoms with E-state index in [4.69, 9.17) is 9.47 Å². The Morgan fingerprint density at radius 3 is 1.61 bits per heavy atom. The molecule has 4 rings (SSSR count). The van der Waals surface area contributed by atoms with Gasteiger partial charge >= 0.3 is 0 Å². The Bertz CT molecular complexity index is 803. The summed E-state index contributed by atoms with van der Waals surface area (Å²) in [6.07, 6.45) is 0.0893. The van der Waals surface area contributed by atoms with Gasteiger partial charge in [-0.05, 0) is 58.0 Å². The molecule has 0 bridgehead atoms. The van der Waals surface area contributed by atoms with E-state index in [1.54, 1.807) is 0 Å². The van der Waals surface area contributed by atoms with E-state index in [0.717, 1.165) is 13.1 Å². The van der Waals surface area contributed by atoms with Crippen molar-refractivity contribution in [3.8, 4) is 0 Å². The van der Waals surface area contributed by atoms with Crippen molar-refractivity contribution in [3.05, 3.63) is 99.6 Å². The van der Waals surface area contributed by atoms with E-state index in [-0.39, 0.29) is 12.2 Å². The van der Waals surface area contributed by atoms with Crippen molar-refractivity contribution in [2.45, 2.75) is 25.4 Å². The van der Waals surface area contributed by atoms with Gasteiger partial charge in [-0.25, -0.2) is 0 Å². The van der Waals surface area contributed by atoms with Crippen LogP contribution < -0.4 is 4.90 Å². The Morgan fingerprint density at radius 1 is 0.679 bits per heavy atom. The second-order valence-corrected chi connectivity index (χ2v) is 8.30. The number of anilines is 1. The van der Waals surface area contributed by atoms with Crippen LogP contribution in [0.25, 0.3) is 0 Å². The van der Waals surface area contributed by atoms with Crippen molar-refractivity contribution < 1.29 is 9.47 Å². The van der Waals surface area contributed by atoms with Crippen molar-refractivity contribution in [1.29, 1.82) is 0 Å². The van der Waals surface area contributed by atoms with E-state index < -0.39 is 0 Å². The van der Waals surface area contributed by atoms with Crippen LogP contribution in [0.1, 0.15) is 11.1 Å². The van der Waals surface area contributed by atoms with Crippen LogP contribution in [0.5, 0.6) is 0 Å². The van der Waals surface area contributed by atoms with Gasteiger partial charge in [-0.1, -0.05) is 60.7 Å². The van der Waals surface area contributed by atoms with Crippen LogP contribution in [0, 0.1) is 3.57 Å². The first-order valence-electron chi connectivity index (χ1n) is 9.59. The highest BCUT2D eigenvalue weighted by atomic mass is 127. The predicted octanol–water partition coefficient (Wildman–Crippen LogP) is 5.28. The highest BCUT2D eigenvalue weighted by molar-refractivity contribution is 14.1. The molecule has 1 heterocycles. The molecule has 1 aliphatic rings. The molecule has 0 radical (unpaired) electrons. The van der Waals surface area contributed by atoms with Crippen molar-refractivity contribution >= 4 is 28.3 Å². The molecule has 3 aromatic rings. The summed E-state index contributed by atoms with van der Waals surface area (Å²) in [6.45, 7) is 2.90. The first-order chi connectivity index (χ1) is 13.8. The van der Waals surface area contributed by atoms with E-state index in [9.17, 15) is 0 Å². The number of ether oxygens (including phenoxy) is 2. The van der Waals surface area contributed by atoms with E-state index >= 15 is 0 Å². The van der Waals surface area contributed by atoms with Gasteiger partial charge in [-0.15, -0.1) is 0 Å². The molecule has 3 nitrogen and oxygen atoms in total. The van der Waals surface area contributed by atoms with Crippen LogP contribution in [-0.2, 0) is 22.7 Å².